The molecule has 1 aromatic carbocycles. The summed E-state index contributed by atoms with van der Waals surface area (Å²) in [5.74, 6) is 1.21. The number of rotatable bonds is 10. The van der Waals surface area contributed by atoms with Crippen molar-refractivity contribution in [3.05, 3.63) is 64.0 Å². The maximum atomic E-state index is 12.0. The number of thiophene rings is 1. The highest BCUT2D eigenvalue weighted by Gasteiger charge is 2.27. The van der Waals surface area contributed by atoms with Gasteiger partial charge in [-0.15, -0.1) is 11.3 Å². The molecule has 8 nitrogen and oxygen atoms in total. The summed E-state index contributed by atoms with van der Waals surface area (Å²) in [6.45, 7) is 1.26. The maximum Gasteiger partial charge on any atom is 0.261 e. The van der Waals surface area contributed by atoms with Crippen molar-refractivity contribution in [2.75, 3.05) is 23.7 Å². The molecule has 31 heavy (non-hydrogen) atoms. The molecule has 1 aliphatic carbocycles. The minimum absolute atomic E-state index is 0.0413. The van der Waals surface area contributed by atoms with Crippen LogP contribution in [-0.2, 0) is 0 Å². The average Bonchev–Trinajstić information content (AvgIpc) is 3.46. The highest BCUT2D eigenvalue weighted by atomic mass is 32.1. The van der Waals surface area contributed by atoms with Gasteiger partial charge in [0.25, 0.3) is 5.91 Å². The quantitative estimate of drug-likeness (QED) is 0.361. The van der Waals surface area contributed by atoms with Crippen molar-refractivity contribution in [3.8, 4) is 0 Å². The first kappa shape index (κ1) is 20.8. The molecule has 2 aromatic heterocycles. The van der Waals surface area contributed by atoms with E-state index in [1.165, 1.54) is 11.3 Å². The number of primary amides is 1. The number of hydrogen-bond donors (Lipinski definition) is 4. The van der Waals surface area contributed by atoms with Crippen molar-refractivity contribution in [2.45, 2.75) is 25.2 Å². The molecule has 9 heteroatoms. The molecule has 0 unspecified atom stereocenters. The van der Waals surface area contributed by atoms with Crippen LogP contribution in [0.1, 0.15) is 50.8 Å². The SMILES string of the molecule is NC(=O)c1cccc(Nc2ncc(C3CC3)c(NCCCNC(=O)c3cccs3)n2)c1. The molecule has 0 bridgehead atoms. The number of nitrogens with one attached hydrogen (secondary N) is 3. The van der Waals surface area contributed by atoms with Gasteiger partial charge in [0.15, 0.2) is 0 Å². The Morgan fingerprint density at radius 1 is 1.16 bits per heavy atom. The van der Waals surface area contributed by atoms with E-state index in [1.807, 2.05) is 29.8 Å². The first-order valence-electron chi connectivity index (χ1n) is 10.2. The van der Waals surface area contributed by atoms with Gasteiger partial charge in [0.1, 0.15) is 5.82 Å². The molecule has 1 aliphatic rings. The lowest BCUT2D eigenvalue weighted by Crippen LogP contribution is -2.25. The lowest BCUT2D eigenvalue weighted by Gasteiger charge is -2.13. The van der Waals surface area contributed by atoms with Crippen molar-refractivity contribution in [1.29, 1.82) is 0 Å². The Morgan fingerprint density at radius 2 is 2.03 bits per heavy atom. The zero-order valence-electron chi connectivity index (χ0n) is 16.9. The molecule has 0 saturated heterocycles. The van der Waals surface area contributed by atoms with Crippen LogP contribution in [0.4, 0.5) is 17.5 Å². The molecule has 5 N–H and O–H groups in total. The van der Waals surface area contributed by atoms with Crippen LogP contribution in [0, 0.1) is 0 Å². The van der Waals surface area contributed by atoms with Crippen LogP contribution in [-0.4, -0.2) is 34.9 Å². The molecule has 160 valence electrons. The summed E-state index contributed by atoms with van der Waals surface area (Å²) >= 11 is 1.43. The third-order valence-corrected chi connectivity index (χ3v) is 5.78. The molecule has 2 amide bonds. The number of aromatic nitrogens is 2. The van der Waals surface area contributed by atoms with Gasteiger partial charge < -0.3 is 21.7 Å². The molecule has 1 saturated carbocycles. The standard InChI is InChI=1S/C22H24N6O2S/c23-19(29)15-4-1-5-16(12-15)27-22-26-13-17(14-7-8-14)20(28-22)24-9-3-10-25-21(30)18-6-2-11-31-18/h1-2,4-6,11-14H,3,7-10H2,(H2,23,29)(H,25,30)(H2,24,26,27,28). The van der Waals surface area contributed by atoms with Gasteiger partial charge in [0.2, 0.25) is 11.9 Å². The zero-order valence-corrected chi connectivity index (χ0v) is 17.7. The van der Waals surface area contributed by atoms with E-state index in [0.717, 1.165) is 35.5 Å². The fourth-order valence-electron chi connectivity index (χ4n) is 3.16. The smallest absolute Gasteiger partial charge is 0.261 e. The molecule has 0 atom stereocenters. The first-order valence-corrected chi connectivity index (χ1v) is 11.1. The topological polar surface area (TPSA) is 122 Å². The Bertz CT molecular complexity index is 1070. The van der Waals surface area contributed by atoms with Gasteiger partial charge in [-0.25, -0.2) is 4.98 Å². The van der Waals surface area contributed by atoms with Crippen LogP contribution in [0.5, 0.6) is 0 Å². The molecule has 0 aliphatic heterocycles. The fourth-order valence-corrected chi connectivity index (χ4v) is 3.80. The summed E-state index contributed by atoms with van der Waals surface area (Å²) < 4.78 is 0. The molecule has 3 aromatic rings. The summed E-state index contributed by atoms with van der Waals surface area (Å²) in [5, 5.41) is 11.3. The Hall–Kier alpha value is -3.46. The van der Waals surface area contributed by atoms with E-state index >= 15 is 0 Å². The molecule has 4 rings (SSSR count). The zero-order chi connectivity index (χ0) is 21.6. The fraction of sp³-hybridized carbons (Fsp3) is 0.273. The van der Waals surface area contributed by atoms with Gasteiger partial charge in [-0.1, -0.05) is 12.1 Å². The number of hydrogen-bond acceptors (Lipinski definition) is 7. The lowest BCUT2D eigenvalue weighted by atomic mass is 10.2. The van der Waals surface area contributed by atoms with Gasteiger partial charge >= 0.3 is 0 Å². The molecular formula is C22H24N6O2S. The number of amides is 2. The number of carbonyl (C=O) groups is 2. The minimum Gasteiger partial charge on any atom is -0.370 e. The van der Waals surface area contributed by atoms with Crippen molar-refractivity contribution in [2.24, 2.45) is 5.73 Å². The second-order valence-corrected chi connectivity index (χ2v) is 8.30. The van der Waals surface area contributed by atoms with E-state index in [2.05, 4.69) is 25.9 Å². The van der Waals surface area contributed by atoms with Gasteiger partial charge in [0, 0.05) is 36.1 Å². The van der Waals surface area contributed by atoms with E-state index in [-0.39, 0.29) is 5.91 Å². The van der Waals surface area contributed by atoms with Crippen LogP contribution in [0.25, 0.3) is 0 Å². The monoisotopic (exact) mass is 436 g/mol. The number of anilines is 3. The summed E-state index contributed by atoms with van der Waals surface area (Å²) in [7, 11) is 0. The van der Waals surface area contributed by atoms with Crippen LogP contribution in [0.15, 0.2) is 48.0 Å². The van der Waals surface area contributed by atoms with Crippen LogP contribution < -0.4 is 21.7 Å². The van der Waals surface area contributed by atoms with Gasteiger partial charge in [-0.3, -0.25) is 9.59 Å². The average molecular weight is 437 g/mol. The third-order valence-electron chi connectivity index (χ3n) is 4.91. The molecule has 1 fully saturated rings. The Kier molecular flexibility index (Phi) is 6.42. The summed E-state index contributed by atoms with van der Waals surface area (Å²) in [6, 6.07) is 10.6. The summed E-state index contributed by atoms with van der Waals surface area (Å²) in [5.41, 5.74) is 7.57. The van der Waals surface area contributed by atoms with Crippen molar-refractivity contribution in [3.63, 3.8) is 0 Å². The molecular weight excluding hydrogens is 412 g/mol. The second-order valence-electron chi connectivity index (χ2n) is 7.36. The Balaban J connectivity index is 1.35. The van der Waals surface area contributed by atoms with Crippen LogP contribution in [0.2, 0.25) is 0 Å². The highest BCUT2D eigenvalue weighted by Crippen LogP contribution is 2.42. The molecule has 0 spiro atoms. The Labute approximate surface area is 184 Å². The van der Waals surface area contributed by atoms with Crippen LogP contribution in [0.3, 0.4) is 0 Å². The van der Waals surface area contributed by atoms with Crippen molar-refractivity contribution >= 4 is 40.6 Å². The summed E-state index contributed by atoms with van der Waals surface area (Å²) in [6.07, 6.45) is 4.91. The van der Waals surface area contributed by atoms with E-state index in [1.54, 1.807) is 18.2 Å². The number of nitrogens with two attached hydrogens (primary N) is 1. The van der Waals surface area contributed by atoms with Gasteiger partial charge in [-0.05, 0) is 54.8 Å². The first-order chi connectivity index (χ1) is 15.1. The number of nitrogens with zero attached hydrogens (tertiary/aromatic N) is 2. The third kappa shape index (κ3) is 5.58. The predicted octanol–water partition coefficient (Wildman–Crippen LogP) is 3.49. The second kappa shape index (κ2) is 9.57. The molecule has 0 radical (unpaired) electrons. The number of carbonyl (C=O) groups excluding carboxylic acids is 2. The maximum absolute atomic E-state index is 12.0. The van der Waals surface area contributed by atoms with E-state index in [4.69, 9.17) is 5.73 Å². The van der Waals surface area contributed by atoms with E-state index < -0.39 is 5.91 Å². The largest absolute Gasteiger partial charge is 0.370 e. The lowest BCUT2D eigenvalue weighted by molar-refractivity contribution is 0.0956. The summed E-state index contributed by atoms with van der Waals surface area (Å²) in [4.78, 5) is 33.2. The van der Waals surface area contributed by atoms with Crippen LogP contribution >= 0.6 is 11.3 Å². The Morgan fingerprint density at radius 3 is 2.77 bits per heavy atom. The predicted molar refractivity (Wildman–Crippen MR) is 122 cm³/mol. The van der Waals surface area contributed by atoms with Crippen molar-refractivity contribution < 1.29 is 9.59 Å². The van der Waals surface area contributed by atoms with E-state index in [0.29, 0.717) is 36.2 Å². The normalized spacial score (nSPS) is 12.9. The number of benzene rings is 1. The van der Waals surface area contributed by atoms with Gasteiger partial charge in [-0.2, -0.15) is 4.98 Å². The van der Waals surface area contributed by atoms with Crippen molar-refractivity contribution in [1.82, 2.24) is 15.3 Å². The van der Waals surface area contributed by atoms with E-state index in [9.17, 15) is 9.59 Å². The minimum atomic E-state index is -0.484. The molecule has 2 heterocycles. The highest BCUT2D eigenvalue weighted by molar-refractivity contribution is 7.12. The van der Waals surface area contributed by atoms with Gasteiger partial charge in [0.05, 0.1) is 4.88 Å².